The van der Waals surface area contributed by atoms with Gasteiger partial charge in [-0.15, -0.1) is 0 Å². The van der Waals surface area contributed by atoms with E-state index in [4.69, 9.17) is 5.11 Å². The molecular formula is C9H9F3N2O2. The molecule has 0 bridgehead atoms. The van der Waals surface area contributed by atoms with Crippen molar-refractivity contribution in [2.45, 2.75) is 25.4 Å². The van der Waals surface area contributed by atoms with Gasteiger partial charge in [0.2, 0.25) is 0 Å². The van der Waals surface area contributed by atoms with Crippen molar-refractivity contribution in [3.05, 3.63) is 17.0 Å². The number of carbonyl (C=O) groups is 1. The molecule has 0 amide bonds. The van der Waals surface area contributed by atoms with Gasteiger partial charge in [-0.05, 0) is 25.2 Å². The molecule has 1 aliphatic carbocycles. The number of hydrogen-bond acceptors (Lipinski definition) is 2. The van der Waals surface area contributed by atoms with Crippen molar-refractivity contribution in [2.24, 2.45) is 5.92 Å². The van der Waals surface area contributed by atoms with E-state index in [9.17, 15) is 18.0 Å². The molecule has 1 aromatic rings. The summed E-state index contributed by atoms with van der Waals surface area (Å²) < 4.78 is 37.3. The highest BCUT2D eigenvalue weighted by molar-refractivity contribution is 5.90. The van der Waals surface area contributed by atoms with Crippen LogP contribution in [0.1, 0.15) is 34.6 Å². The van der Waals surface area contributed by atoms with Gasteiger partial charge in [-0.1, -0.05) is 0 Å². The lowest BCUT2D eigenvalue weighted by molar-refractivity contribution is -0.141. The van der Waals surface area contributed by atoms with E-state index in [0.717, 1.165) is 12.8 Å². The van der Waals surface area contributed by atoms with Crippen LogP contribution in [0, 0.1) is 5.92 Å². The number of carboxylic acids is 1. The highest BCUT2D eigenvalue weighted by Gasteiger charge is 2.41. The first kappa shape index (κ1) is 11.0. The SMILES string of the molecule is O=C(O)c1c(C(F)(F)F)n[nH]c1CC1CC1. The topological polar surface area (TPSA) is 66.0 Å². The zero-order valence-electron chi connectivity index (χ0n) is 8.14. The van der Waals surface area contributed by atoms with Crippen LogP contribution in [0.15, 0.2) is 0 Å². The summed E-state index contributed by atoms with van der Waals surface area (Å²) in [6.07, 6.45) is -2.55. The molecule has 0 spiro atoms. The second-order valence-corrected chi connectivity index (χ2v) is 3.88. The van der Waals surface area contributed by atoms with Gasteiger partial charge in [0.25, 0.3) is 0 Å². The summed E-state index contributed by atoms with van der Waals surface area (Å²) in [4.78, 5) is 10.8. The molecule has 1 aliphatic rings. The van der Waals surface area contributed by atoms with Crippen LogP contribution in [0.25, 0.3) is 0 Å². The number of rotatable bonds is 3. The van der Waals surface area contributed by atoms with Gasteiger partial charge in [-0.2, -0.15) is 18.3 Å². The fourth-order valence-electron chi connectivity index (χ4n) is 1.57. The predicted octanol–water partition coefficient (Wildman–Crippen LogP) is 2.08. The van der Waals surface area contributed by atoms with Gasteiger partial charge in [-0.25, -0.2) is 4.79 Å². The molecule has 0 aliphatic heterocycles. The van der Waals surface area contributed by atoms with Crippen molar-refractivity contribution in [1.29, 1.82) is 0 Å². The van der Waals surface area contributed by atoms with E-state index in [0.29, 0.717) is 12.3 Å². The summed E-state index contributed by atoms with van der Waals surface area (Å²) in [6, 6.07) is 0. The molecule has 4 nitrogen and oxygen atoms in total. The second kappa shape index (κ2) is 3.50. The van der Waals surface area contributed by atoms with E-state index in [-0.39, 0.29) is 5.69 Å². The van der Waals surface area contributed by atoms with Crippen molar-refractivity contribution in [3.63, 3.8) is 0 Å². The molecule has 1 heterocycles. The summed E-state index contributed by atoms with van der Waals surface area (Å²) in [5.41, 5.74) is -2.00. The molecule has 0 aromatic carbocycles. The van der Waals surface area contributed by atoms with E-state index in [2.05, 4.69) is 10.2 Å². The smallest absolute Gasteiger partial charge is 0.436 e. The van der Waals surface area contributed by atoms with Gasteiger partial charge < -0.3 is 5.11 Å². The Kier molecular flexibility index (Phi) is 2.40. The Morgan fingerprint density at radius 2 is 2.12 bits per heavy atom. The molecule has 16 heavy (non-hydrogen) atoms. The maximum absolute atomic E-state index is 12.4. The molecule has 7 heteroatoms. The summed E-state index contributed by atoms with van der Waals surface area (Å²) >= 11 is 0. The standard InChI is InChI=1S/C9H9F3N2O2/c10-9(11,12)7-6(8(15)16)5(13-14-7)3-4-1-2-4/h4H,1-3H2,(H,13,14)(H,15,16). The number of hydrogen-bond donors (Lipinski definition) is 2. The zero-order valence-corrected chi connectivity index (χ0v) is 8.14. The molecule has 0 saturated heterocycles. The zero-order chi connectivity index (χ0) is 11.9. The van der Waals surface area contributed by atoms with E-state index in [1.807, 2.05) is 0 Å². The summed E-state index contributed by atoms with van der Waals surface area (Å²) in [7, 11) is 0. The molecule has 0 unspecified atom stereocenters. The maximum Gasteiger partial charge on any atom is 0.436 e. The van der Waals surface area contributed by atoms with E-state index in [1.165, 1.54) is 0 Å². The average molecular weight is 234 g/mol. The Balaban J connectivity index is 2.38. The lowest BCUT2D eigenvalue weighted by atomic mass is 10.1. The third kappa shape index (κ3) is 2.02. The number of nitrogens with one attached hydrogen (secondary N) is 1. The lowest BCUT2D eigenvalue weighted by Crippen LogP contribution is -2.13. The van der Waals surface area contributed by atoms with Gasteiger partial charge in [-0.3, -0.25) is 5.10 Å². The Bertz CT molecular complexity index is 421. The first-order chi connectivity index (χ1) is 7.39. The average Bonchev–Trinajstić information content (AvgIpc) is 2.80. The van der Waals surface area contributed by atoms with Gasteiger partial charge in [0.15, 0.2) is 5.69 Å². The molecule has 0 radical (unpaired) electrons. The van der Waals surface area contributed by atoms with Crippen molar-refractivity contribution in [3.8, 4) is 0 Å². The normalized spacial score (nSPS) is 16.4. The van der Waals surface area contributed by atoms with Gasteiger partial charge in [0.05, 0.1) is 5.69 Å². The first-order valence-electron chi connectivity index (χ1n) is 4.77. The van der Waals surface area contributed by atoms with Crippen LogP contribution in [0.2, 0.25) is 0 Å². The number of carboxylic acid groups (broad SMARTS) is 1. The number of halogens is 3. The summed E-state index contributed by atoms with van der Waals surface area (Å²) in [6.45, 7) is 0. The van der Waals surface area contributed by atoms with Crippen molar-refractivity contribution < 1.29 is 23.1 Å². The Labute approximate surface area is 88.5 Å². The van der Waals surface area contributed by atoms with Crippen LogP contribution in [-0.4, -0.2) is 21.3 Å². The molecular weight excluding hydrogens is 225 g/mol. The minimum absolute atomic E-state index is 0.0716. The summed E-state index contributed by atoms with van der Waals surface area (Å²) in [5, 5.41) is 14.0. The molecule has 88 valence electrons. The van der Waals surface area contributed by atoms with E-state index < -0.39 is 23.4 Å². The number of nitrogens with zero attached hydrogens (tertiary/aromatic N) is 1. The Hall–Kier alpha value is -1.53. The Morgan fingerprint density at radius 3 is 2.56 bits per heavy atom. The third-order valence-electron chi connectivity index (χ3n) is 2.51. The van der Waals surface area contributed by atoms with Crippen LogP contribution in [0.5, 0.6) is 0 Å². The molecule has 1 fully saturated rings. The van der Waals surface area contributed by atoms with Crippen molar-refractivity contribution >= 4 is 5.97 Å². The van der Waals surface area contributed by atoms with Gasteiger partial charge in [0.1, 0.15) is 5.56 Å². The van der Waals surface area contributed by atoms with E-state index in [1.54, 1.807) is 0 Å². The third-order valence-corrected chi connectivity index (χ3v) is 2.51. The molecule has 1 aromatic heterocycles. The highest BCUT2D eigenvalue weighted by atomic mass is 19.4. The molecule has 0 atom stereocenters. The number of aromatic carboxylic acids is 1. The highest BCUT2D eigenvalue weighted by Crippen LogP contribution is 2.36. The van der Waals surface area contributed by atoms with Crippen molar-refractivity contribution in [1.82, 2.24) is 10.2 Å². The molecule has 2 N–H and O–H groups in total. The summed E-state index contributed by atoms with van der Waals surface area (Å²) in [5.74, 6) is -1.30. The molecule has 1 saturated carbocycles. The van der Waals surface area contributed by atoms with Crippen LogP contribution in [0.3, 0.4) is 0 Å². The van der Waals surface area contributed by atoms with Crippen LogP contribution in [0.4, 0.5) is 13.2 Å². The fraction of sp³-hybridized carbons (Fsp3) is 0.556. The van der Waals surface area contributed by atoms with Crippen molar-refractivity contribution in [2.75, 3.05) is 0 Å². The minimum atomic E-state index is -4.73. The lowest BCUT2D eigenvalue weighted by Gasteiger charge is -2.04. The number of alkyl halides is 3. The maximum atomic E-state index is 12.4. The number of aromatic nitrogens is 2. The van der Waals surface area contributed by atoms with Crippen LogP contribution >= 0.6 is 0 Å². The minimum Gasteiger partial charge on any atom is -0.478 e. The van der Waals surface area contributed by atoms with Gasteiger partial charge >= 0.3 is 12.1 Å². The first-order valence-corrected chi connectivity index (χ1v) is 4.77. The fourth-order valence-corrected chi connectivity index (χ4v) is 1.57. The Morgan fingerprint density at radius 1 is 1.50 bits per heavy atom. The van der Waals surface area contributed by atoms with Crippen LogP contribution < -0.4 is 0 Å². The number of H-pyrrole nitrogens is 1. The quantitative estimate of drug-likeness (QED) is 0.841. The van der Waals surface area contributed by atoms with E-state index >= 15 is 0 Å². The second-order valence-electron chi connectivity index (χ2n) is 3.88. The van der Waals surface area contributed by atoms with Crippen LogP contribution in [-0.2, 0) is 12.6 Å². The predicted molar refractivity (Wildman–Crippen MR) is 47.0 cm³/mol. The monoisotopic (exact) mass is 234 g/mol. The number of aromatic amines is 1. The molecule has 2 rings (SSSR count). The largest absolute Gasteiger partial charge is 0.478 e. The van der Waals surface area contributed by atoms with Gasteiger partial charge in [0, 0.05) is 0 Å².